The summed E-state index contributed by atoms with van der Waals surface area (Å²) in [5, 5.41) is 0.493. The molecule has 0 bridgehead atoms. The highest BCUT2D eigenvalue weighted by Gasteiger charge is 2.22. The van der Waals surface area contributed by atoms with Crippen molar-refractivity contribution in [3.8, 4) is 0 Å². The molecule has 1 rings (SSSR count). The molecule has 0 radical (unpaired) electrons. The van der Waals surface area contributed by atoms with Gasteiger partial charge in [0.25, 0.3) is 0 Å². The number of amides is 1. The minimum Gasteiger partial charge on any atom is -0.443 e. The maximum atomic E-state index is 12.0. The summed E-state index contributed by atoms with van der Waals surface area (Å²) in [4.78, 5) is 13.5. The first-order valence-electron chi connectivity index (χ1n) is 5.79. The standard InChI is InChI=1S/C13H19ClN2O2/c1-5-16(12(17)18-13(2,3)4)11-7-9(14)6-10(15)8-11/h6-8H,5,15H2,1-4H3. The molecule has 0 aliphatic heterocycles. The van der Waals surface area contributed by atoms with Crippen LogP contribution in [0.15, 0.2) is 18.2 Å². The van der Waals surface area contributed by atoms with Crippen molar-refractivity contribution < 1.29 is 9.53 Å². The molecule has 1 aromatic carbocycles. The van der Waals surface area contributed by atoms with Gasteiger partial charge in [-0.05, 0) is 45.9 Å². The summed E-state index contributed by atoms with van der Waals surface area (Å²) in [7, 11) is 0. The topological polar surface area (TPSA) is 55.6 Å². The van der Waals surface area contributed by atoms with E-state index in [4.69, 9.17) is 22.1 Å². The van der Waals surface area contributed by atoms with Gasteiger partial charge in [0.15, 0.2) is 0 Å². The highest BCUT2D eigenvalue weighted by atomic mass is 35.5. The van der Waals surface area contributed by atoms with Crippen LogP contribution in [0.25, 0.3) is 0 Å². The Balaban J connectivity index is 2.99. The van der Waals surface area contributed by atoms with E-state index in [1.165, 1.54) is 4.90 Å². The zero-order chi connectivity index (χ0) is 13.9. The third kappa shape index (κ3) is 4.11. The quantitative estimate of drug-likeness (QED) is 0.834. The largest absolute Gasteiger partial charge is 0.443 e. The Morgan fingerprint density at radius 1 is 1.39 bits per heavy atom. The number of carbonyl (C=O) groups excluding carboxylic acids is 1. The van der Waals surface area contributed by atoms with Gasteiger partial charge in [0, 0.05) is 17.3 Å². The van der Waals surface area contributed by atoms with Crippen molar-refractivity contribution >= 4 is 29.1 Å². The van der Waals surface area contributed by atoms with E-state index in [9.17, 15) is 4.79 Å². The molecule has 0 saturated heterocycles. The molecule has 0 unspecified atom stereocenters. The van der Waals surface area contributed by atoms with Crippen molar-refractivity contribution in [3.63, 3.8) is 0 Å². The van der Waals surface area contributed by atoms with Crippen molar-refractivity contribution in [2.75, 3.05) is 17.2 Å². The van der Waals surface area contributed by atoms with Crippen LogP contribution in [0.4, 0.5) is 16.2 Å². The predicted molar refractivity (Wildman–Crippen MR) is 75.1 cm³/mol. The van der Waals surface area contributed by atoms with Gasteiger partial charge >= 0.3 is 6.09 Å². The fourth-order valence-electron chi connectivity index (χ4n) is 1.49. The molecular weight excluding hydrogens is 252 g/mol. The molecule has 0 fully saturated rings. The Morgan fingerprint density at radius 3 is 2.44 bits per heavy atom. The van der Waals surface area contributed by atoms with E-state index < -0.39 is 11.7 Å². The lowest BCUT2D eigenvalue weighted by Crippen LogP contribution is -2.36. The molecule has 1 aromatic rings. The van der Waals surface area contributed by atoms with Gasteiger partial charge in [-0.3, -0.25) is 4.90 Å². The molecule has 0 spiro atoms. The summed E-state index contributed by atoms with van der Waals surface area (Å²) in [5.74, 6) is 0. The van der Waals surface area contributed by atoms with Gasteiger partial charge in [-0.15, -0.1) is 0 Å². The summed E-state index contributed by atoms with van der Waals surface area (Å²) in [6.07, 6.45) is -0.410. The molecule has 0 aliphatic carbocycles. The van der Waals surface area contributed by atoms with Gasteiger partial charge in [0.05, 0.1) is 5.69 Å². The second-order valence-electron chi connectivity index (χ2n) is 4.97. The molecule has 0 saturated carbocycles. The van der Waals surface area contributed by atoms with E-state index in [1.807, 2.05) is 27.7 Å². The lowest BCUT2D eigenvalue weighted by atomic mass is 10.2. The molecular formula is C13H19ClN2O2. The normalized spacial score (nSPS) is 11.2. The molecule has 100 valence electrons. The summed E-state index contributed by atoms with van der Waals surface area (Å²) >= 11 is 5.93. The van der Waals surface area contributed by atoms with Crippen molar-refractivity contribution in [2.45, 2.75) is 33.3 Å². The van der Waals surface area contributed by atoms with E-state index in [1.54, 1.807) is 18.2 Å². The SMILES string of the molecule is CCN(C(=O)OC(C)(C)C)c1cc(N)cc(Cl)c1. The number of anilines is 2. The van der Waals surface area contributed by atoms with Crippen LogP contribution >= 0.6 is 11.6 Å². The minimum absolute atomic E-state index is 0.410. The third-order valence-corrected chi connectivity index (χ3v) is 2.36. The lowest BCUT2D eigenvalue weighted by Gasteiger charge is -2.26. The van der Waals surface area contributed by atoms with E-state index in [2.05, 4.69) is 0 Å². The van der Waals surface area contributed by atoms with Crippen LogP contribution < -0.4 is 10.6 Å². The highest BCUT2D eigenvalue weighted by molar-refractivity contribution is 6.31. The van der Waals surface area contributed by atoms with Gasteiger partial charge in [-0.1, -0.05) is 11.6 Å². The van der Waals surface area contributed by atoms with Crippen LogP contribution in [0, 0.1) is 0 Å². The van der Waals surface area contributed by atoms with E-state index in [0.717, 1.165) is 0 Å². The number of nitrogen functional groups attached to an aromatic ring is 1. The number of nitrogens with two attached hydrogens (primary N) is 1. The van der Waals surface area contributed by atoms with Crippen LogP contribution in [0.3, 0.4) is 0 Å². The number of rotatable bonds is 2. The van der Waals surface area contributed by atoms with Gasteiger partial charge in [-0.2, -0.15) is 0 Å². The number of nitrogens with zero attached hydrogens (tertiary/aromatic N) is 1. The van der Waals surface area contributed by atoms with E-state index >= 15 is 0 Å². The molecule has 2 N–H and O–H groups in total. The fraction of sp³-hybridized carbons (Fsp3) is 0.462. The van der Waals surface area contributed by atoms with Crippen LogP contribution in [0.5, 0.6) is 0 Å². The van der Waals surface area contributed by atoms with Crippen molar-refractivity contribution in [2.24, 2.45) is 0 Å². The molecule has 0 aromatic heterocycles. The maximum absolute atomic E-state index is 12.0. The van der Waals surface area contributed by atoms with Crippen LogP contribution in [-0.4, -0.2) is 18.2 Å². The summed E-state index contributed by atoms with van der Waals surface area (Å²) in [6.45, 7) is 7.82. The smallest absolute Gasteiger partial charge is 0.414 e. The minimum atomic E-state index is -0.533. The van der Waals surface area contributed by atoms with Gasteiger partial charge in [0.2, 0.25) is 0 Å². The number of halogens is 1. The second kappa shape index (κ2) is 5.48. The number of hydrogen-bond acceptors (Lipinski definition) is 3. The Kier molecular flexibility index (Phi) is 4.46. The number of ether oxygens (including phenoxy) is 1. The Hall–Kier alpha value is -1.42. The Bertz CT molecular complexity index is 421. The second-order valence-corrected chi connectivity index (χ2v) is 5.40. The van der Waals surface area contributed by atoms with Gasteiger partial charge < -0.3 is 10.5 Å². The fourth-order valence-corrected chi connectivity index (χ4v) is 1.72. The average molecular weight is 271 g/mol. The molecule has 18 heavy (non-hydrogen) atoms. The maximum Gasteiger partial charge on any atom is 0.414 e. The molecule has 1 amide bonds. The van der Waals surface area contributed by atoms with Crippen LogP contribution in [0.2, 0.25) is 5.02 Å². The van der Waals surface area contributed by atoms with Gasteiger partial charge in [0.1, 0.15) is 5.60 Å². The van der Waals surface area contributed by atoms with Crippen molar-refractivity contribution in [3.05, 3.63) is 23.2 Å². The summed E-state index contributed by atoms with van der Waals surface area (Å²) < 4.78 is 5.33. The van der Waals surface area contributed by atoms with E-state index in [-0.39, 0.29) is 0 Å². The first kappa shape index (κ1) is 14.6. The third-order valence-electron chi connectivity index (χ3n) is 2.15. The van der Waals surface area contributed by atoms with Crippen molar-refractivity contribution in [1.82, 2.24) is 0 Å². The Morgan fingerprint density at radius 2 is 2.00 bits per heavy atom. The zero-order valence-electron chi connectivity index (χ0n) is 11.2. The molecule has 4 nitrogen and oxygen atoms in total. The predicted octanol–water partition coefficient (Wildman–Crippen LogP) is 3.68. The molecule has 0 atom stereocenters. The molecule has 5 heteroatoms. The lowest BCUT2D eigenvalue weighted by molar-refractivity contribution is 0.0582. The van der Waals surface area contributed by atoms with E-state index in [0.29, 0.717) is 22.9 Å². The molecule has 0 heterocycles. The molecule has 0 aliphatic rings. The van der Waals surface area contributed by atoms with Crippen molar-refractivity contribution in [1.29, 1.82) is 0 Å². The van der Waals surface area contributed by atoms with Crippen LogP contribution in [0.1, 0.15) is 27.7 Å². The van der Waals surface area contributed by atoms with Gasteiger partial charge in [-0.25, -0.2) is 4.79 Å². The Labute approximate surface area is 113 Å². The average Bonchev–Trinajstić information content (AvgIpc) is 2.13. The first-order valence-corrected chi connectivity index (χ1v) is 6.17. The number of hydrogen-bond donors (Lipinski definition) is 1. The highest BCUT2D eigenvalue weighted by Crippen LogP contribution is 2.25. The number of benzene rings is 1. The first-order chi connectivity index (χ1) is 8.23. The monoisotopic (exact) mass is 270 g/mol. The summed E-state index contributed by atoms with van der Waals surface area (Å²) in [6, 6.07) is 5.01. The van der Waals surface area contributed by atoms with Crippen LogP contribution in [-0.2, 0) is 4.74 Å². The number of carbonyl (C=O) groups is 1. The summed E-state index contributed by atoms with van der Waals surface area (Å²) in [5.41, 5.74) is 6.33. The zero-order valence-corrected chi connectivity index (χ0v) is 11.9.